The van der Waals surface area contributed by atoms with Gasteiger partial charge in [0.1, 0.15) is 4.88 Å². The molecule has 0 saturated heterocycles. The Hall–Kier alpha value is -0.360. The van der Waals surface area contributed by atoms with Crippen LogP contribution in [-0.4, -0.2) is 5.91 Å². The highest BCUT2D eigenvalue weighted by Gasteiger charge is 2.09. The molecular weight excluding hydrogens is 170 g/mol. The SMILES string of the molecule is O=C([NH2+]OS)c1cccs1. The normalized spacial score (nSPS) is 9.70. The van der Waals surface area contributed by atoms with Crippen molar-refractivity contribution in [2.45, 2.75) is 0 Å². The van der Waals surface area contributed by atoms with Gasteiger partial charge in [0.2, 0.25) is 0 Å². The van der Waals surface area contributed by atoms with Crippen LogP contribution in [0.2, 0.25) is 0 Å². The van der Waals surface area contributed by atoms with E-state index in [-0.39, 0.29) is 5.91 Å². The second-order valence-corrected chi connectivity index (χ2v) is 2.72. The smallest absolute Gasteiger partial charge is 0.221 e. The number of quaternary nitrogens is 1. The van der Waals surface area contributed by atoms with Crippen molar-refractivity contribution in [1.29, 1.82) is 0 Å². The molecule has 1 heterocycles. The van der Waals surface area contributed by atoms with E-state index in [0.29, 0.717) is 4.88 Å². The van der Waals surface area contributed by atoms with Crippen LogP contribution < -0.4 is 5.48 Å². The van der Waals surface area contributed by atoms with E-state index in [1.54, 1.807) is 6.07 Å². The van der Waals surface area contributed by atoms with Gasteiger partial charge in [-0.1, -0.05) is 6.07 Å². The largest absolute Gasteiger partial charge is 0.385 e. The fraction of sp³-hybridized carbons (Fsp3) is 0. The monoisotopic (exact) mass is 176 g/mol. The molecule has 0 aliphatic rings. The van der Waals surface area contributed by atoms with Crippen LogP contribution in [-0.2, 0) is 4.28 Å². The number of hydrogen-bond donors (Lipinski definition) is 2. The Kier molecular flexibility index (Phi) is 2.88. The van der Waals surface area contributed by atoms with Gasteiger partial charge in [0.05, 0.1) is 0 Å². The first kappa shape index (κ1) is 7.74. The first-order valence-electron chi connectivity index (χ1n) is 2.56. The summed E-state index contributed by atoms with van der Waals surface area (Å²) < 4.78 is 4.25. The molecular formula is C5H6NO2S2+. The number of carbonyl (C=O) groups is 1. The van der Waals surface area contributed by atoms with Crippen LogP contribution in [0.1, 0.15) is 9.67 Å². The lowest BCUT2D eigenvalue weighted by molar-refractivity contribution is -0.773. The predicted octanol–water partition coefficient (Wildman–Crippen LogP) is 0.228. The van der Waals surface area contributed by atoms with Crippen molar-refractivity contribution >= 4 is 30.2 Å². The van der Waals surface area contributed by atoms with E-state index in [0.717, 1.165) is 5.48 Å². The van der Waals surface area contributed by atoms with E-state index in [2.05, 4.69) is 17.2 Å². The highest BCUT2D eigenvalue weighted by molar-refractivity contribution is 7.74. The molecule has 10 heavy (non-hydrogen) atoms. The number of hydroxylamine groups is 1. The van der Waals surface area contributed by atoms with Crippen molar-refractivity contribution in [2.24, 2.45) is 0 Å². The lowest BCUT2D eigenvalue weighted by Crippen LogP contribution is -2.85. The first-order valence-corrected chi connectivity index (χ1v) is 3.80. The van der Waals surface area contributed by atoms with Crippen LogP contribution in [0.4, 0.5) is 0 Å². The molecule has 2 N–H and O–H groups in total. The standard InChI is InChI=1S/C5H5NO2S2/c7-5(6-8-9)4-2-1-3-10-4/h1-3,9H,(H,6,7)/p+1. The second-order valence-electron chi connectivity index (χ2n) is 1.56. The number of amides is 1. The summed E-state index contributed by atoms with van der Waals surface area (Å²) in [4.78, 5) is 11.5. The summed E-state index contributed by atoms with van der Waals surface area (Å²) in [5.74, 6) is -0.148. The van der Waals surface area contributed by atoms with Crippen LogP contribution in [0.3, 0.4) is 0 Å². The van der Waals surface area contributed by atoms with Crippen LogP contribution >= 0.6 is 24.2 Å². The Bertz CT molecular complexity index is 209. The van der Waals surface area contributed by atoms with E-state index in [1.807, 2.05) is 11.4 Å². The second kappa shape index (κ2) is 3.72. The zero-order valence-electron chi connectivity index (χ0n) is 4.98. The Balaban J connectivity index is 2.59. The average molecular weight is 176 g/mol. The van der Waals surface area contributed by atoms with Gasteiger partial charge in [0.15, 0.2) is 0 Å². The maximum absolute atomic E-state index is 10.9. The molecule has 0 aliphatic heterocycles. The molecule has 0 aliphatic carbocycles. The number of primary amides is 1. The van der Waals surface area contributed by atoms with Crippen LogP contribution in [0.25, 0.3) is 0 Å². The van der Waals surface area contributed by atoms with Gasteiger partial charge in [-0.25, -0.2) is 4.79 Å². The summed E-state index contributed by atoms with van der Waals surface area (Å²) in [7, 11) is 0. The Morgan fingerprint density at radius 3 is 3.10 bits per heavy atom. The quantitative estimate of drug-likeness (QED) is 0.385. The van der Waals surface area contributed by atoms with Crippen molar-refractivity contribution in [3.8, 4) is 0 Å². The third-order valence-corrected chi connectivity index (χ3v) is 1.91. The molecule has 1 aromatic heterocycles. The molecule has 1 rings (SSSR count). The van der Waals surface area contributed by atoms with E-state index in [9.17, 15) is 4.79 Å². The Labute approximate surface area is 67.6 Å². The molecule has 0 radical (unpaired) electrons. The molecule has 0 aromatic carbocycles. The number of thiophene rings is 1. The molecule has 0 bridgehead atoms. The van der Waals surface area contributed by atoms with E-state index < -0.39 is 0 Å². The Morgan fingerprint density at radius 1 is 1.80 bits per heavy atom. The maximum Gasteiger partial charge on any atom is 0.385 e. The van der Waals surface area contributed by atoms with Gasteiger partial charge in [-0.15, -0.1) is 21.1 Å². The van der Waals surface area contributed by atoms with Gasteiger partial charge in [0.25, 0.3) is 0 Å². The molecule has 1 aromatic rings. The lowest BCUT2D eigenvalue weighted by atomic mass is 10.5. The lowest BCUT2D eigenvalue weighted by Gasteiger charge is -1.87. The maximum atomic E-state index is 10.9. The molecule has 0 saturated carbocycles. The Morgan fingerprint density at radius 2 is 2.60 bits per heavy atom. The fourth-order valence-corrected chi connectivity index (χ4v) is 1.25. The molecule has 0 fully saturated rings. The summed E-state index contributed by atoms with van der Waals surface area (Å²) in [6, 6.07) is 3.54. The molecule has 1 amide bonds. The van der Waals surface area contributed by atoms with Gasteiger partial charge >= 0.3 is 5.91 Å². The molecule has 3 nitrogen and oxygen atoms in total. The van der Waals surface area contributed by atoms with Gasteiger partial charge in [-0.3, -0.25) is 0 Å². The molecule has 0 atom stereocenters. The van der Waals surface area contributed by atoms with Gasteiger partial charge in [-0.05, 0) is 11.4 Å². The fourth-order valence-electron chi connectivity index (χ4n) is 0.525. The zero-order valence-corrected chi connectivity index (χ0v) is 6.69. The number of nitrogens with two attached hydrogens (primary N) is 1. The average Bonchev–Trinajstić information content (AvgIpc) is 2.38. The van der Waals surface area contributed by atoms with E-state index in [4.69, 9.17) is 0 Å². The minimum atomic E-state index is -0.148. The molecule has 0 spiro atoms. The number of rotatable bonds is 2. The van der Waals surface area contributed by atoms with E-state index >= 15 is 0 Å². The summed E-state index contributed by atoms with van der Waals surface area (Å²) in [5, 5.41) is 1.83. The predicted molar refractivity (Wildman–Crippen MR) is 40.6 cm³/mol. The van der Waals surface area contributed by atoms with Crippen molar-refractivity contribution in [2.75, 3.05) is 0 Å². The van der Waals surface area contributed by atoms with Gasteiger partial charge < -0.3 is 0 Å². The first-order chi connectivity index (χ1) is 4.84. The van der Waals surface area contributed by atoms with E-state index in [1.165, 1.54) is 11.3 Å². The molecule has 0 unspecified atom stereocenters. The summed E-state index contributed by atoms with van der Waals surface area (Å²) in [6.07, 6.45) is 0. The number of thiol groups is 1. The summed E-state index contributed by atoms with van der Waals surface area (Å²) in [6.45, 7) is 0. The number of carbonyl (C=O) groups excluding carboxylic acids is 1. The highest BCUT2D eigenvalue weighted by Crippen LogP contribution is 2.05. The zero-order chi connectivity index (χ0) is 7.40. The minimum absolute atomic E-state index is 0.148. The molecule has 5 heteroatoms. The number of hydrogen-bond acceptors (Lipinski definition) is 4. The van der Waals surface area contributed by atoms with Crippen LogP contribution in [0.15, 0.2) is 17.5 Å². The van der Waals surface area contributed by atoms with Crippen molar-refractivity contribution in [3.63, 3.8) is 0 Å². The van der Waals surface area contributed by atoms with Gasteiger partial charge in [0, 0.05) is 12.9 Å². The molecule has 54 valence electrons. The third-order valence-electron chi connectivity index (χ3n) is 0.924. The topological polar surface area (TPSA) is 42.9 Å². The highest BCUT2D eigenvalue weighted by atomic mass is 32.1. The van der Waals surface area contributed by atoms with Crippen molar-refractivity contribution < 1.29 is 14.6 Å². The van der Waals surface area contributed by atoms with Crippen LogP contribution in [0, 0.1) is 0 Å². The minimum Gasteiger partial charge on any atom is -0.221 e. The summed E-state index contributed by atoms with van der Waals surface area (Å²) >= 11 is 4.80. The van der Waals surface area contributed by atoms with Crippen molar-refractivity contribution in [1.82, 2.24) is 0 Å². The summed E-state index contributed by atoms with van der Waals surface area (Å²) in [5.41, 5.74) is 1.06. The van der Waals surface area contributed by atoms with Crippen LogP contribution in [0.5, 0.6) is 0 Å². The van der Waals surface area contributed by atoms with Crippen molar-refractivity contribution in [3.05, 3.63) is 22.4 Å². The van der Waals surface area contributed by atoms with Gasteiger partial charge in [-0.2, -0.15) is 0 Å². The third kappa shape index (κ3) is 1.81.